The maximum atomic E-state index is 11.8. The largest absolute Gasteiger partial charge is 1.00 e. The Bertz CT molecular complexity index is 1000. The predicted octanol–water partition coefficient (Wildman–Crippen LogP) is -3.51. The molecule has 0 saturated heterocycles. The Labute approximate surface area is 257 Å². The fourth-order valence-corrected chi connectivity index (χ4v) is 4.69. The first-order valence-electron chi connectivity index (χ1n) is 6.58. The van der Waals surface area contributed by atoms with E-state index in [1.165, 1.54) is 12.1 Å². The second-order valence-corrected chi connectivity index (χ2v) is 8.27. The zero-order valence-corrected chi connectivity index (χ0v) is 24.5. The number of benzene rings is 2. The van der Waals surface area contributed by atoms with Gasteiger partial charge in [0.05, 0.1) is 24.3 Å². The van der Waals surface area contributed by atoms with E-state index in [1.54, 1.807) is 0 Å². The number of methoxy groups -OCH3 is 2. The van der Waals surface area contributed by atoms with Crippen molar-refractivity contribution < 1.29 is 138 Å². The van der Waals surface area contributed by atoms with Crippen molar-refractivity contribution in [3.05, 3.63) is 34.3 Å². The Morgan fingerprint density at radius 3 is 1.21 bits per heavy atom. The zero-order valence-electron chi connectivity index (χ0n) is 15.1. The fraction of sp³-hybridized carbons (Fsp3) is 0.143. The molecule has 0 amide bonds. The zero-order chi connectivity index (χ0) is 19.9. The van der Waals surface area contributed by atoms with Gasteiger partial charge in [-0.2, -0.15) is 0 Å². The van der Waals surface area contributed by atoms with Crippen molar-refractivity contribution in [2.45, 2.75) is 9.79 Å². The normalized spacial score (nSPS) is 11.2. The Kier molecular flexibility index (Phi) is 12.2. The van der Waals surface area contributed by atoms with Gasteiger partial charge < -0.3 is 18.6 Å². The number of hydrogen-bond donors (Lipinski definition) is 0. The van der Waals surface area contributed by atoms with Crippen LogP contribution < -0.4 is 112 Å². The summed E-state index contributed by atoms with van der Waals surface area (Å²) in [6.45, 7) is 0. The van der Waals surface area contributed by atoms with Crippen molar-refractivity contribution >= 4 is 43.4 Å². The minimum atomic E-state index is -5.17. The minimum Gasteiger partial charge on any atom is -0.744 e. The summed E-state index contributed by atoms with van der Waals surface area (Å²) in [5.74, 6) is -0.968. The maximum absolute atomic E-state index is 11.8. The second kappa shape index (κ2) is 11.5. The van der Waals surface area contributed by atoms with Crippen molar-refractivity contribution in [1.82, 2.24) is 0 Å². The molecule has 0 heterocycles. The summed E-state index contributed by atoms with van der Waals surface area (Å²) >= 11 is 11.7. The third-order valence-electron chi connectivity index (χ3n) is 3.33. The molecule has 2 rings (SSSR count). The number of ether oxygens (including phenoxy) is 2. The summed E-state index contributed by atoms with van der Waals surface area (Å²) in [7, 11) is -8.18. The molecule has 2 aromatic rings. The van der Waals surface area contributed by atoms with Crippen LogP contribution >= 0.6 is 23.2 Å². The van der Waals surface area contributed by atoms with Crippen molar-refractivity contribution in [3.8, 4) is 22.6 Å². The number of hydrogen-bond acceptors (Lipinski definition) is 8. The first kappa shape index (κ1) is 29.7. The average molecular weight is 519 g/mol. The monoisotopic (exact) mass is 518 g/mol. The van der Waals surface area contributed by atoms with Crippen molar-refractivity contribution in [2.24, 2.45) is 0 Å². The van der Waals surface area contributed by atoms with Gasteiger partial charge in [0.2, 0.25) is 0 Å². The van der Waals surface area contributed by atoms with E-state index in [0.717, 1.165) is 26.4 Å². The molecule has 8 nitrogen and oxygen atoms in total. The first-order chi connectivity index (χ1) is 11.9. The maximum Gasteiger partial charge on any atom is 1.00 e. The molecule has 142 valence electrons. The van der Waals surface area contributed by atoms with Gasteiger partial charge in [-0.05, 0) is 12.1 Å². The fourth-order valence-electron chi connectivity index (χ4n) is 2.38. The quantitative estimate of drug-likeness (QED) is 0.294. The summed E-state index contributed by atoms with van der Waals surface area (Å²) in [5.41, 5.74) is -0.795. The second-order valence-electron chi connectivity index (χ2n) is 4.82. The van der Waals surface area contributed by atoms with E-state index < -0.39 is 52.7 Å². The predicted molar refractivity (Wildman–Crippen MR) is 90.9 cm³/mol. The molecule has 28 heavy (non-hydrogen) atoms. The third-order valence-corrected chi connectivity index (χ3v) is 5.73. The van der Waals surface area contributed by atoms with E-state index >= 15 is 0 Å². The van der Waals surface area contributed by atoms with Crippen LogP contribution in [0.25, 0.3) is 11.1 Å². The summed E-state index contributed by atoms with van der Waals surface area (Å²) < 4.78 is 80.3. The average Bonchev–Trinajstić information content (AvgIpc) is 2.52. The molecule has 0 bridgehead atoms. The minimum absolute atomic E-state index is 0. The van der Waals surface area contributed by atoms with E-state index in [-0.39, 0.29) is 113 Å². The van der Waals surface area contributed by atoms with Crippen molar-refractivity contribution in [1.29, 1.82) is 0 Å². The molecule has 0 aliphatic rings. The molecule has 0 radical (unpaired) electrons. The van der Waals surface area contributed by atoms with Crippen molar-refractivity contribution in [2.75, 3.05) is 14.2 Å². The smallest absolute Gasteiger partial charge is 0.744 e. The van der Waals surface area contributed by atoms with Crippen LogP contribution in [0.5, 0.6) is 11.5 Å². The number of rotatable bonds is 5. The summed E-state index contributed by atoms with van der Waals surface area (Å²) in [4.78, 5) is -1.83. The Morgan fingerprint density at radius 1 is 0.714 bits per heavy atom. The molecule has 0 N–H and O–H groups in total. The Morgan fingerprint density at radius 2 is 1.00 bits per heavy atom. The SMILES string of the molecule is COc1c(Cl)ccc(-c2ccc(Cl)c(OC)c2S(=O)(=O)[O-])c1S(=O)(=O)[O-].[K+].[K+]. The summed E-state index contributed by atoms with van der Waals surface area (Å²) in [5, 5.41) is -0.392. The van der Waals surface area contributed by atoms with Gasteiger partial charge in [0.25, 0.3) is 0 Å². The number of halogens is 2. The molecule has 0 spiro atoms. The summed E-state index contributed by atoms with van der Waals surface area (Å²) in [6.07, 6.45) is 0. The van der Waals surface area contributed by atoms with Crippen molar-refractivity contribution in [3.63, 3.8) is 0 Å². The Hall–Kier alpha value is 1.71. The van der Waals surface area contributed by atoms with Gasteiger partial charge in [-0.3, -0.25) is 0 Å². The molecular formula is C14H10Cl2K2O8S2. The van der Waals surface area contributed by atoms with E-state index in [1.807, 2.05) is 0 Å². The van der Waals surface area contributed by atoms with Crippen LogP contribution in [0.3, 0.4) is 0 Å². The molecule has 0 atom stereocenters. The van der Waals surface area contributed by atoms with Gasteiger partial charge >= 0.3 is 103 Å². The van der Waals surface area contributed by atoms with Crippen LogP contribution in [0.1, 0.15) is 0 Å². The van der Waals surface area contributed by atoms with Crippen LogP contribution in [0, 0.1) is 0 Å². The first-order valence-corrected chi connectivity index (χ1v) is 10.2. The molecule has 0 aliphatic carbocycles. The molecule has 0 fully saturated rings. The van der Waals surface area contributed by atoms with Gasteiger partial charge in [-0.25, -0.2) is 16.8 Å². The standard InChI is InChI=1S/C14H12Cl2O8S2.2K/c1-23-11-9(15)5-3-7(13(11)25(17,18)19)8-4-6-10(16)12(24-2)14(8)26(20,21)22;;/h3-6H,1-2H3,(H,17,18,19)(H,20,21,22);;/q;2*+1/p-2. The van der Waals surface area contributed by atoms with Gasteiger partial charge in [-0.15, -0.1) is 0 Å². The third kappa shape index (κ3) is 6.37. The molecule has 0 aromatic heterocycles. The van der Waals surface area contributed by atoms with Crippen LogP contribution in [0.4, 0.5) is 0 Å². The van der Waals surface area contributed by atoms with E-state index in [9.17, 15) is 25.9 Å². The molecular weight excluding hydrogens is 509 g/mol. The Balaban J connectivity index is 0.00000364. The van der Waals surface area contributed by atoms with E-state index in [0.29, 0.717) is 0 Å². The molecule has 14 heteroatoms. The molecule has 0 unspecified atom stereocenters. The van der Waals surface area contributed by atoms with Crippen LogP contribution in [-0.2, 0) is 20.2 Å². The van der Waals surface area contributed by atoms with Gasteiger partial charge in [0.15, 0.2) is 11.5 Å². The van der Waals surface area contributed by atoms with Crippen LogP contribution in [-0.4, -0.2) is 40.2 Å². The van der Waals surface area contributed by atoms with Gasteiger partial charge in [0.1, 0.15) is 30.0 Å². The van der Waals surface area contributed by atoms with E-state index in [4.69, 9.17) is 32.7 Å². The van der Waals surface area contributed by atoms with Crippen LogP contribution in [0.15, 0.2) is 34.1 Å². The van der Waals surface area contributed by atoms with Gasteiger partial charge in [-0.1, -0.05) is 35.3 Å². The molecule has 0 aliphatic heterocycles. The van der Waals surface area contributed by atoms with Crippen LogP contribution in [0.2, 0.25) is 10.0 Å². The van der Waals surface area contributed by atoms with E-state index in [2.05, 4.69) is 0 Å². The molecule has 0 saturated carbocycles. The topological polar surface area (TPSA) is 133 Å². The summed E-state index contributed by atoms with van der Waals surface area (Å²) in [6, 6.07) is 4.53. The molecule has 2 aromatic carbocycles. The van der Waals surface area contributed by atoms with Gasteiger partial charge in [0, 0.05) is 11.1 Å².